The molecule has 0 aromatic carbocycles. The van der Waals surface area contributed by atoms with Crippen LogP contribution in [0.4, 0.5) is 0 Å². The second-order valence-electron chi connectivity index (χ2n) is 3.50. The molecule has 0 radical (unpaired) electrons. The molecule has 19 heavy (non-hydrogen) atoms. The molecular weight excluding hydrogens is 308 g/mol. The third kappa shape index (κ3) is 8.30. The summed E-state index contributed by atoms with van der Waals surface area (Å²) in [6.45, 7) is 7.43. The molecule has 0 aliphatic heterocycles. The first-order valence-electron chi connectivity index (χ1n) is 6.33. The van der Waals surface area contributed by atoms with Crippen LogP contribution in [0.3, 0.4) is 0 Å². The fourth-order valence-corrected chi connectivity index (χ4v) is 5.00. The maximum atomic E-state index is 11.3. The molecule has 0 fully saturated rings. The summed E-state index contributed by atoms with van der Waals surface area (Å²) in [5, 5.41) is 0. The van der Waals surface area contributed by atoms with Crippen LogP contribution in [0.2, 0.25) is 6.04 Å². The lowest BCUT2D eigenvalue weighted by molar-refractivity contribution is 0.0696. The van der Waals surface area contributed by atoms with Crippen LogP contribution in [0.1, 0.15) is 27.2 Å². The largest absolute Gasteiger partial charge is 0.501 e. The van der Waals surface area contributed by atoms with E-state index < -0.39 is 17.9 Å². The van der Waals surface area contributed by atoms with Crippen molar-refractivity contribution >= 4 is 28.2 Å². The van der Waals surface area contributed by atoms with Crippen LogP contribution in [-0.2, 0) is 36.8 Å². The number of hydrogen-bond donors (Lipinski definition) is 1. The monoisotopic (exact) mass is 333 g/mol. The summed E-state index contributed by atoms with van der Waals surface area (Å²) in [6.07, 6.45) is 2.09. The minimum absolute atomic E-state index is 0.179. The molecule has 9 heteroatoms. The molecule has 0 aliphatic rings. The second kappa shape index (κ2) is 10.2. The summed E-state index contributed by atoms with van der Waals surface area (Å²) in [7, 11) is -5.08. The normalized spacial score (nSPS) is 15.2. The molecule has 0 amide bonds. The van der Waals surface area contributed by atoms with Crippen LogP contribution in [0.15, 0.2) is 0 Å². The Bertz CT molecular complexity index is 326. The first-order chi connectivity index (χ1) is 8.95. The third-order valence-electron chi connectivity index (χ3n) is 2.16. The van der Waals surface area contributed by atoms with Crippen molar-refractivity contribution in [1.29, 1.82) is 0 Å². The maximum absolute atomic E-state index is 11.3. The summed E-state index contributed by atoms with van der Waals surface area (Å²) >= 11 is 0. The average molecular weight is 334 g/mol. The van der Waals surface area contributed by atoms with Gasteiger partial charge in [0.25, 0.3) is 10.3 Å². The molecular formula is C10H25O6S2Si+. The molecule has 0 bridgehead atoms. The zero-order chi connectivity index (χ0) is 14.8. The standard InChI is InChI=1S/C10H24O6S2Si/c1-5-14-19(15-6-2,16-7-3)10-8-9-13-18(11,12)17-4/h5-10H2,1-4H3/p+1. The average Bonchev–Trinajstić information content (AvgIpc) is 2.36. The van der Waals surface area contributed by atoms with Gasteiger partial charge in [-0.15, -0.1) is 0 Å². The predicted octanol–water partition coefficient (Wildman–Crippen LogP) is 1.74. The van der Waals surface area contributed by atoms with Gasteiger partial charge >= 0.3 is 17.9 Å². The molecule has 0 aromatic heterocycles. The van der Waals surface area contributed by atoms with Crippen LogP contribution in [0, 0.1) is 0 Å². The lowest BCUT2D eigenvalue weighted by Gasteiger charge is -2.28. The van der Waals surface area contributed by atoms with E-state index in [9.17, 15) is 8.76 Å². The first kappa shape index (κ1) is 19.4. The maximum Gasteiger partial charge on any atom is 0.501 e. The van der Waals surface area contributed by atoms with E-state index in [-0.39, 0.29) is 6.61 Å². The second-order valence-corrected chi connectivity index (χ2v) is 9.92. The van der Waals surface area contributed by atoms with E-state index in [4.69, 9.17) is 17.5 Å². The van der Waals surface area contributed by atoms with Gasteiger partial charge in [-0.2, -0.15) is 4.21 Å². The van der Waals surface area contributed by atoms with Crippen molar-refractivity contribution in [3.8, 4) is 0 Å². The fraction of sp³-hybridized carbons (Fsp3) is 1.00. The Hall–Kier alpha value is 0.387. The van der Waals surface area contributed by atoms with Gasteiger partial charge in [0, 0.05) is 25.9 Å². The smallest absolute Gasteiger partial charge is 0.374 e. The highest BCUT2D eigenvalue weighted by molar-refractivity contribution is 8.34. The van der Waals surface area contributed by atoms with E-state index in [1.807, 2.05) is 20.8 Å². The Morgan fingerprint density at radius 2 is 1.58 bits per heavy atom. The fourth-order valence-electron chi connectivity index (χ4n) is 1.50. The van der Waals surface area contributed by atoms with Gasteiger partial charge in [-0.25, -0.2) is 4.18 Å². The molecule has 0 spiro atoms. The van der Waals surface area contributed by atoms with Crippen molar-refractivity contribution in [3.05, 3.63) is 0 Å². The zero-order valence-electron chi connectivity index (χ0n) is 12.0. The van der Waals surface area contributed by atoms with E-state index in [0.29, 0.717) is 32.3 Å². The van der Waals surface area contributed by atoms with Crippen molar-refractivity contribution in [1.82, 2.24) is 0 Å². The van der Waals surface area contributed by atoms with Crippen LogP contribution in [0.5, 0.6) is 0 Å². The molecule has 0 rings (SSSR count). The Kier molecular flexibility index (Phi) is 10.4. The highest BCUT2D eigenvalue weighted by Gasteiger charge is 2.39. The molecule has 1 atom stereocenters. The van der Waals surface area contributed by atoms with Crippen molar-refractivity contribution in [2.45, 2.75) is 33.2 Å². The minimum atomic E-state index is -3.21. The lowest BCUT2D eigenvalue weighted by Crippen LogP contribution is -2.46. The van der Waals surface area contributed by atoms with Crippen molar-refractivity contribution in [2.24, 2.45) is 0 Å². The van der Waals surface area contributed by atoms with Gasteiger partial charge < -0.3 is 13.3 Å². The molecule has 0 aromatic rings. The van der Waals surface area contributed by atoms with Gasteiger partial charge in [0.1, 0.15) is 0 Å². The highest BCUT2D eigenvalue weighted by atomic mass is 32.9. The van der Waals surface area contributed by atoms with Gasteiger partial charge in [-0.3, -0.25) is 4.55 Å². The van der Waals surface area contributed by atoms with E-state index in [1.165, 1.54) is 6.26 Å². The Morgan fingerprint density at radius 3 is 1.95 bits per heavy atom. The molecule has 1 unspecified atom stereocenters. The molecule has 0 aliphatic carbocycles. The van der Waals surface area contributed by atoms with Crippen LogP contribution in [-0.4, -0.2) is 50.2 Å². The van der Waals surface area contributed by atoms with Crippen molar-refractivity contribution in [2.75, 3.05) is 32.7 Å². The van der Waals surface area contributed by atoms with Crippen LogP contribution in [0.25, 0.3) is 0 Å². The Balaban J connectivity index is 4.36. The quantitative estimate of drug-likeness (QED) is 0.353. The SMILES string of the molecule is CCO[Si](CCCOS(=O)(O)=[S+]C)(OCC)OCC. The van der Waals surface area contributed by atoms with E-state index in [2.05, 4.69) is 0 Å². The molecule has 0 saturated heterocycles. The predicted molar refractivity (Wildman–Crippen MR) is 80.1 cm³/mol. The summed E-state index contributed by atoms with van der Waals surface area (Å²) in [5.41, 5.74) is 0. The summed E-state index contributed by atoms with van der Waals surface area (Å²) in [4.78, 5) is 0. The summed E-state index contributed by atoms with van der Waals surface area (Å²) in [5.74, 6) is 0. The van der Waals surface area contributed by atoms with Crippen LogP contribution < -0.4 is 0 Å². The van der Waals surface area contributed by atoms with Gasteiger partial charge in [0.15, 0.2) is 6.26 Å². The summed E-state index contributed by atoms with van der Waals surface area (Å²) in [6, 6.07) is 0.576. The van der Waals surface area contributed by atoms with E-state index >= 15 is 0 Å². The lowest BCUT2D eigenvalue weighted by atomic mass is 10.5. The van der Waals surface area contributed by atoms with Crippen molar-refractivity contribution < 1.29 is 26.2 Å². The van der Waals surface area contributed by atoms with Gasteiger partial charge in [0.2, 0.25) is 0 Å². The Morgan fingerprint density at radius 1 is 1.11 bits per heavy atom. The first-order valence-corrected chi connectivity index (χ1v) is 11.4. The molecule has 0 heterocycles. The summed E-state index contributed by atoms with van der Waals surface area (Å²) < 4.78 is 42.4. The molecule has 116 valence electrons. The molecule has 0 saturated carbocycles. The van der Waals surface area contributed by atoms with Crippen LogP contribution >= 0.6 is 0 Å². The topological polar surface area (TPSA) is 74.2 Å². The van der Waals surface area contributed by atoms with Gasteiger partial charge in [0.05, 0.1) is 6.61 Å². The Labute approximate surface area is 120 Å². The number of rotatable bonds is 11. The van der Waals surface area contributed by atoms with Gasteiger partial charge in [-0.05, 0) is 27.2 Å². The molecule has 6 nitrogen and oxygen atoms in total. The zero-order valence-corrected chi connectivity index (χ0v) is 14.7. The van der Waals surface area contributed by atoms with E-state index in [0.717, 1.165) is 10.3 Å². The highest BCUT2D eigenvalue weighted by Crippen LogP contribution is 2.18. The third-order valence-corrected chi connectivity index (χ3v) is 7.75. The van der Waals surface area contributed by atoms with Gasteiger partial charge in [-0.1, -0.05) is 0 Å². The minimum Gasteiger partial charge on any atom is -0.374 e. The van der Waals surface area contributed by atoms with E-state index in [1.54, 1.807) is 0 Å². The van der Waals surface area contributed by atoms with Crippen molar-refractivity contribution in [3.63, 3.8) is 0 Å². The molecule has 1 N–H and O–H groups in total. The number of hydrogen-bond acceptors (Lipinski definition) is 5.